The highest BCUT2D eigenvalue weighted by molar-refractivity contribution is 7.22. The van der Waals surface area contributed by atoms with Crippen LogP contribution in [0.1, 0.15) is 10.5 Å². The standard InChI is InChI=1S/C12H10N6O2S2/c13-10(14)18-11-16-7(4-21-11)9(20)17-12-15-6-3-5(19)1-2-8(6)22-12/h1-4,19H,(H,15,17,20)(H4,13,14,16,18). The van der Waals surface area contributed by atoms with Crippen molar-refractivity contribution in [3.8, 4) is 5.75 Å². The Hall–Kier alpha value is -2.72. The van der Waals surface area contributed by atoms with Crippen LogP contribution in [0.25, 0.3) is 10.2 Å². The van der Waals surface area contributed by atoms with Gasteiger partial charge in [-0.2, -0.15) is 4.99 Å². The van der Waals surface area contributed by atoms with Crippen molar-refractivity contribution < 1.29 is 9.90 Å². The van der Waals surface area contributed by atoms with Crippen molar-refractivity contribution in [2.75, 3.05) is 5.32 Å². The number of benzene rings is 1. The minimum absolute atomic E-state index is 0.118. The summed E-state index contributed by atoms with van der Waals surface area (Å²) in [6, 6.07) is 4.83. The number of nitrogens with one attached hydrogen (secondary N) is 1. The summed E-state index contributed by atoms with van der Waals surface area (Å²) in [5.74, 6) is -0.402. The number of rotatable bonds is 3. The molecule has 22 heavy (non-hydrogen) atoms. The Balaban J connectivity index is 1.80. The number of phenolic OH excluding ortho intramolecular Hbond substituents is 1. The summed E-state index contributed by atoms with van der Waals surface area (Å²) in [6.07, 6.45) is 0. The van der Waals surface area contributed by atoms with Crippen LogP contribution in [0, 0.1) is 0 Å². The molecule has 0 bridgehead atoms. The van der Waals surface area contributed by atoms with Gasteiger partial charge in [-0.1, -0.05) is 11.3 Å². The molecule has 0 unspecified atom stereocenters. The first-order valence-corrected chi connectivity index (χ1v) is 7.67. The Morgan fingerprint density at radius 2 is 2.14 bits per heavy atom. The molecule has 8 nitrogen and oxygen atoms in total. The molecule has 0 saturated heterocycles. The lowest BCUT2D eigenvalue weighted by Crippen LogP contribution is -2.21. The van der Waals surface area contributed by atoms with E-state index in [-0.39, 0.29) is 17.4 Å². The van der Waals surface area contributed by atoms with E-state index in [0.717, 1.165) is 16.0 Å². The van der Waals surface area contributed by atoms with Gasteiger partial charge < -0.3 is 16.6 Å². The van der Waals surface area contributed by atoms with E-state index >= 15 is 0 Å². The summed E-state index contributed by atoms with van der Waals surface area (Å²) >= 11 is 2.45. The molecule has 0 saturated carbocycles. The maximum atomic E-state index is 12.1. The molecule has 0 radical (unpaired) electrons. The Kier molecular flexibility index (Phi) is 3.61. The predicted octanol–water partition coefficient (Wildman–Crippen LogP) is 1.62. The van der Waals surface area contributed by atoms with Gasteiger partial charge in [-0.05, 0) is 12.1 Å². The number of carbonyl (C=O) groups excluding carboxylic acids is 1. The molecule has 1 aromatic carbocycles. The molecule has 6 N–H and O–H groups in total. The van der Waals surface area contributed by atoms with Gasteiger partial charge in [0.05, 0.1) is 10.2 Å². The Labute approximate surface area is 132 Å². The Morgan fingerprint density at radius 1 is 1.32 bits per heavy atom. The van der Waals surface area contributed by atoms with Gasteiger partial charge >= 0.3 is 0 Å². The zero-order chi connectivity index (χ0) is 15.7. The van der Waals surface area contributed by atoms with Gasteiger partial charge in [0.1, 0.15) is 11.4 Å². The number of guanidine groups is 1. The summed E-state index contributed by atoms with van der Waals surface area (Å²) in [5, 5.41) is 14.3. The number of thiazole rings is 2. The minimum atomic E-state index is -0.406. The van der Waals surface area contributed by atoms with Crippen molar-refractivity contribution in [3.05, 3.63) is 29.3 Å². The van der Waals surface area contributed by atoms with Crippen molar-refractivity contribution >= 4 is 55.0 Å². The average molecular weight is 334 g/mol. The molecule has 2 aromatic heterocycles. The number of amides is 1. The fourth-order valence-electron chi connectivity index (χ4n) is 1.66. The smallest absolute Gasteiger partial charge is 0.276 e. The number of aromatic nitrogens is 2. The zero-order valence-corrected chi connectivity index (χ0v) is 12.6. The molecule has 3 rings (SSSR count). The topological polar surface area (TPSA) is 140 Å². The number of anilines is 1. The highest BCUT2D eigenvalue weighted by atomic mass is 32.1. The third kappa shape index (κ3) is 2.97. The quantitative estimate of drug-likeness (QED) is 0.424. The minimum Gasteiger partial charge on any atom is -0.508 e. The number of nitrogens with zero attached hydrogens (tertiary/aromatic N) is 3. The van der Waals surface area contributed by atoms with E-state index in [1.807, 2.05) is 0 Å². The van der Waals surface area contributed by atoms with Crippen LogP contribution >= 0.6 is 22.7 Å². The van der Waals surface area contributed by atoms with Gasteiger partial charge in [0.2, 0.25) is 5.13 Å². The van der Waals surface area contributed by atoms with Gasteiger partial charge in [-0.15, -0.1) is 11.3 Å². The second-order valence-electron chi connectivity index (χ2n) is 4.18. The molecule has 0 spiro atoms. The van der Waals surface area contributed by atoms with E-state index in [0.29, 0.717) is 15.8 Å². The molecule has 0 atom stereocenters. The van der Waals surface area contributed by atoms with E-state index in [9.17, 15) is 9.90 Å². The highest BCUT2D eigenvalue weighted by Crippen LogP contribution is 2.29. The molecule has 0 aliphatic rings. The lowest BCUT2D eigenvalue weighted by molar-refractivity contribution is 0.102. The lowest BCUT2D eigenvalue weighted by atomic mass is 10.3. The van der Waals surface area contributed by atoms with E-state index in [1.54, 1.807) is 17.5 Å². The van der Waals surface area contributed by atoms with Crippen LogP contribution in [0.4, 0.5) is 10.3 Å². The van der Waals surface area contributed by atoms with Crippen molar-refractivity contribution in [3.63, 3.8) is 0 Å². The lowest BCUT2D eigenvalue weighted by Gasteiger charge is -1.96. The first-order chi connectivity index (χ1) is 10.5. The van der Waals surface area contributed by atoms with Crippen molar-refractivity contribution in [1.82, 2.24) is 9.97 Å². The molecule has 0 aliphatic carbocycles. The monoisotopic (exact) mass is 334 g/mol. The van der Waals surface area contributed by atoms with Crippen molar-refractivity contribution in [2.45, 2.75) is 0 Å². The maximum Gasteiger partial charge on any atom is 0.276 e. The number of nitrogens with two attached hydrogens (primary N) is 2. The predicted molar refractivity (Wildman–Crippen MR) is 86.8 cm³/mol. The molecule has 10 heteroatoms. The number of hydrogen-bond acceptors (Lipinski definition) is 7. The van der Waals surface area contributed by atoms with Gasteiger partial charge in [0.15, 0.2) is 11.1 Å². The van der Waals surface area contributed by atoms with E-state index < -0.39 is 5.91 Å². The molecular formula is C12H10N6O2S2. The van der Waals surface area contributed by atoms with Crippen LogP contribution in [0.15, 0.2) is 28.6 Å². The van der Waals surface area contributed by atoms with Crippen LogP contribution in [-0.4, -0.2) is 26.9 Å². The molecular weight excluding hydrogens is 324 g/mol. The summed E-state index contributed by atoms with van der Waals surface area (Å²) in [4.78, 5) is 24.1. The first kappa shape index (κ1) is 14.2. The fourth-order valence-corrected chi connectivity index (χ4v) is 3.19. The first-order valence-electron chi connectivity index (χ1n) is 5.97. The summed E-state index contributed by atoms with van der Waals surface area (Å²) in [6.45, 7) is 0. The molecule has 2 heterocycles. The molecule has 112 valence electrons. The number of aliphatic imine (C=N–C) groups is 1. The largest absolute Gasteiger partial charge is 0.508 e. The average Bonchev–Trinajstić information content (AvgIpc) is 3.03. The Morgan fingerprint density at radius 3 is 2.91 bits per heavy atom. The van der Waals surface area contributed by atoms with Crippen LogP contribution in [0.3, 0.4) is 0 Å². The Bertz CT molecular complexity index is 881. The maximum absolute atomic E-state index is 12.1. The molecule has 0 fully saturated rings. The van der Waals surface area contributed by atoms with Gasteiger partial charge in [-0.3, -0.25) is 10.1 Å². The van der Waals surface area contributed by atoms with Crippen molar-refractivity contribution in [1.29, 1.82) is 0 Å². The second-order valence-corrected chi connectivity index (χ2v) is 6.04. The number of phenols is 1. The third-order valence-corrected chi connectivity index (χ3v) is 4.23. The summed E-state index contributed by atoms with van der Waals surface area (Å²) in [7, 11) is 0. The van der Waals surface area contributed by atoms with Crippen LogP contribution < -0.4 is 16.8 Å². The SMILES string of the molecule is NC(N)=Nc1nc(C(=O)Nc2nc3cc(O)ccc3s2)cs1. The van der Waals surface area contributed by atoms with Gasteiger partial charge in [0, 0.05) is 11.4 Å². The number of carbonyl (C=O) groups is 1. The fraction of sp³-hybridized carbons (Fsp3) is 0. The van der Waals surface area contributed by atoms with E-state index in [2.05, 4.69) is 20.3 Å². The van der Waals surface area contributed by atoms with E-state index in [4.69, 9.17) is 11.5 Å². The zero-order valence-electron chi connectivity index (χ0n) is 11.0. The second kappa shape index (κ2) is 5.58. The number of fused-ring (bicyclic) bond motifs is 1. The van der Waals surface area contributed by atoms with Crippen LogP contribution in [-0.2, 0) is 0 Å². The van der Waals surface area contributed by atoms with E-state index in [1.165, 1.54) is 17.4 Å². The summed E-state index contributed by atoms with van der Waals surface area (Å²) < 4.78 is 0.854. The summed E-state index contributed by atoms with van der Waals surface area (Å²) in [5.41, 5.74) is 11.3. The van der Waals surface area contributed by atoms with Crippen LogP contribution in [0.5, 0.6) is 5.75 Å². The highest BCUT2D eigenvalue weighted by Gasteiger charge is 2.13. The van der Waals surface area contributed by atoms with Gasteiger partial charge in [0.25, 0.3) is 5.91 Å². The van der Waals surface area contributed by atoms with Crippen LogP contribution in [0.2, 0.25) is 0 Å². The number of hydrogen-bond donors (Lipinski definition) is 4. The number of aromatic hydroxyl groups is 1. The normalized spacial score (nSPS) is 10.5. The molecule has 1 amide bonds. The third-order valence-electron chi connectivity index (χ3n) is 2.54. The molecule has 3 aromatic rings. The molecule has 0 aliphatic heterocycles. The van der Waals surface area contributed by atoms with Crippen molar-refractivity contribution in [2.24, 2.45) is 16.5 Å². The van der Waals surface area contributed by atoms with Gasteiger partial charge in [-0.25, -0.2) is 9.97 Å².